The number of amides is 1. The molecular formula is C18H31NO5. The van der Waals surface area contributed by atoms with Crippen LogP contribution in [0.3, 0.4) is 0 Å². The molecule has 2 bridgehead atoms. The number of hydrogen-bond donors (Lipinski definition) is 1. The molecule has 0 radical (unpaired) electrons. The van der Waals surface area contributed by atoms with Gasteiger partial charge in [0.05, 0.1) is 30.9 Å². The Morgan fingerprint density at radius 1 is 1.17 bits per heavy atom. The molecule has 0 aliphatic carbocycles. The van der Waals surface area contributed by atoms with E-state index in [1.807, 2.05) is 25.7 Å². The maximum Gasteiger partial charge on any atom is 0.410 e. The normalized spacial score (nSPS) is 34.9. The van der Waals surface area contributed by atoms with Crippen molar-refractivity contribution in [3.05, 3.63) is 0 Å². The monoisotopic (exact) mass is 341 g/mol. The number of hydrogen-bond acceptors (Lipinski definition) is 5. The molecule has 0 saturated carbocycles. The van der Waals surface area contributed by atoms with Gasteiger partial charge in [-0.25, -0.2) is 4.79 Å². The van der Waals surface area contributed by atoms with E-state index in [-0.39, 0.29) is 18.2 Å². The van der Waals surface area contributed by atoms with E-state index in [1.165, 1.54) is 0 Å². The van der Waals surface area contributed by atoms with Crippen molar-refractivity contribution < 1.29 is 24.1 Å². The van der Waals surface area contributed by atoms with Crippen LogP contribution < -0.4 is 0 Å². The van der Waals surface area contributed by atoms with Crippen LogP contribution in [0.4, 0.5) is 4.79 Å². The fourth-order valence-corrected chi connectivity index (χ4v) is 4.34. The second-order valence-electron chi connectivity index (χ2n) is 8.63. The molecule has 3 heterocycles. The standard InChI is InChI=1S/C18H31NO5/c1-17(2,3)24-16(20)19-14-9-18(21,10-15(19)12-23-11-14)8-13-4-6-22-7-5-13/h13-15,21H,4-12H2,1-3H3. The number of carbonyl (C=O) groups is 1. The molecule has 3 aliphatic rings. The maximum absolute atomic E-state index is 12.6. The summed E-state index contributed by atoms with van der Waals surface area (Å²) in [5, 5.41) is 11.2. The van der Waals surface area contributed by atoms with Gasteiger partial charge in [-0.3, -0.25) is 4.90 Å². The van der Waals surface area contributed by atoms with Gasteiger partial charge in [-0.15, -0.1) is 0 Å². The molecule has 1 amide bonds. The zero-order valence-electron chi connectivity index (χ0n) is 15.1. The molecule has 138 valence electrons. The molecule has 6 heteroatoms. The number of rotatable bonds is 2. The number of carbonyl (C=O) groups excluding carboxylic acids is 1. The van der Waals surface area contributed by atoms with Crippen LogP contribution in [0.2, 0.25) is 0 Å². The topological polar surface area (TPSA) is 68.2 Å². The van der Waals surface area contributed by atoms with Gasteiger partial charge >= 0.3 is 6.09 Å². The van der Waals surface area contributed by atoms with Crippen LogP contribution in [0.25, 0.3) is 0 Å². The molecule has 0 aromatic heterocycles. The lowest BCUT2D eigenvalue weighted by atomic mass is 9.75. The quantitative estimate of drug-likeness (QED) is 0.835. The van der Waals surface area contributed by atoms with Crippen LogP contribution in [0, 0.1) is 5.92 Å². The number of nitrogens with zero attached hydrogens (tertiary/aromatic N) is 1. The van der Waals surface area contributed by atoms with E-state index in [1.54, 1.807) is 0 Å². The van der Waals surface area contributed by atoms with E-state index in [2.05, 4.69) is 0 Å². The summed E-state index contributed by atoms with van der Waals surface area (Å²) in [5.41, 5.74) is -1.22. The van der Waals surface area contributed by atoms with Crippen molar-refractivity contribution in [2.45, 2.75) is 76.2 Å². The number of morpholine rings is 1. The summed E-state index contributed by atoms with van der Waals surface area (Å²) in [5.74, 6) is 0.512. The molecule has 0 aromatic carbocycles. The van der Waals surface area contributed by atoms with Crippen LogP contribution in [0.1, 0.15) is 52.9 Å². The third kappa shape index (κ3) is 4.21. The Labute approximate surface area is 144 Å². The predicted octanol–water partition coefficient (Wildman–Crippen LogP) is 2.33. The van der Waals surface area contributed by atoms with Gasteiger partial charge in [0.15, 0.2) is 0 Å². The first kappa shape index (κ1) is 18.0. The lowest BCUT2D eigenvalue weighted by molar-refractivity contribution is -0.146. The Hall–Kier alpha value is -0.850. The van der Waals surface area contributed by atoms with E-state index in [0.29, 0.717) is 32.0 Å². The molecule has 2 atom stereocenters. The van der Waals surface area contributed by atoms with Crippen molar-refractivity contribution >= 4 is 6.09 Å². The molecule has 3 saturated heterocycles. The van der Waals surface area contributed by atoms with Gasteiger partial charge in [0.25, 0.3) is 0 Å². The average molecular weight is 341 g/mol. The number of piperidine rings is 1. The molecule has 0 spiro atoms. The highest BCUT2D eigenvalue weighted by molar-refractivity contribution is 5.69. The Morgan fingerprint density at radius 3 is 2.29 bits per heavy atom. The highest BCUT2D eigenvalue weighted by Gasteiger charge is 2.49. The zero-order valence-corrected chi connectivity index (χ0v) is 15.1. The average Bonchev–Trinajstić information content (AvgIpc) is 2.45. The Morgan fingerprint density at radius 2 is 1.75 bits per heavy atom. The Bertz CT molecular complexity index is 441. The molecule has 2 unspecified atom stereocenters. The van der Waals surface area contributed by atoms with E-state index in [4.69, 9.17) is 14.2 Å². The fraction of sp³-hybridized carbons (Fsp3) is 0.944. The highest BCUT2D eigenvalue weighted by atomic mass is 16.6. The lowest BCUT2D eigenvalue weighted by Crippen LogP contribution is -2.64. The minimum absolute atomic E-state index is 0.0998. The second kappa shape index (κ2) is 6.81. The molecule has 1 N–H and O–H groups in total. The molecule has 3 fully saturated rings. The van der Waals surface area contributed by atoms with Crippen LogP contribution in [0.15, 0.2) is 0 Å². The second-order valence-corrected chi connectivity index (χ2v) is 8.63. The molecule has 0 aromatic rings. The van der Waals surface area contributed by atoms with Gasteiger partial charge < -0.3 is 19.3 Å². The van der Waals surface area contributed by atoms with E-state index < -0.39 is 11.2 Å². The predicted molar refractivity (Wildman–Crippen MR) is 88.8 cm³/mol. The van der Waals surface area contributed by atoms with Crippen molar-refractivity contribution in [3.8, 4) is 0 Å². The number of fused-ring (bicyclic) bond motifs is 2. The minimum Gasteiger partial charge on any atom is -0.444 e. The largest absolute Gasteiger partial charge is 0.444 e. The van der Waals surface area contributed by atoms with Gasteiger partial charge in [-0.05, 0) is 58.8 Å². The molecular weight excluding hydrogens is 310 g/mol. The summed E-state index contributed by atoms with van der Waals surface area (Å²) in [4.78, 5) is 14.4. The first-order valence-electron chi connectivity index (χ1n) is 9.15. The van der Waals surface area contributed by atoms with Crippen LogP contribution >= 0.6 is 0 Å². The highest BCUT2D eigenvalue weighted by Crippen LogP contribution is 2.40. The lowest BCUT2D eigenvalue weighted by Gasteiger charge is -2.52. The van der Waals surface area contributed by atoms with Crippen molar-refractivity contribution in [1.29, 1.82) is 0 Å². The SMILES string of the molecule is CC(C)(C)OC(=O)N1C2COCC1CC(O)(CC1CCOCC1)C2. The third-order valence-corrected chi connectivity index (χ3v) is 5.25. The fourth-order valence-electron chi connectivity index (χ4n) is 4.34. The van der Waals surface area contributed by atoms with Crippen molar-refractivity contribution in [2.75, 3.05) is 26.4 Å². The van der Waals surface area contributed by atoms with Gasteiger partial charge in [-0.1, -0.05) is 0 Å². The maximum atomic E-state index is 12.6. The smallest absolute Gasteiger partial charge is 0.410 e. The van der Waals surface area contributed by atoms with E-state index >= 15 is 0 Å². The molecule has 3 aliphatic heterocycles. The Kier molecular flexibility index (Phi) is 5.09. The summed E-state index contributed by atoms with van der Waals surface area (Å²) in [6.45, 7) is 8.17. The summed E-state index contributed by atoms with van der Waals surface area (Å²) in [6, 6.07) is -0.200. The molecule has 24 heavy (non-hydrogen) atoms. The van der Waals surface area contributed by atoms with Crippen LogP contribution in [-0.4, -0.2) is 65.8 Å². The van der Waals surface area contributed by atoms with Gasteiger partial charge in [0.1, 0.15) is 5.60 Å². The van der Waals surface area contributed by atoms with Crippen LogP contribution in [0.5, 0.6) is 0 Å². The van der Waals surface area contributed by atoms with Gasteiger partial charge in [0, 0.05) is 13.2 Å². The van der Waals surface area contributed by atoms with E-state index in [0.717, 1.165) is 32.5 Å². The minimum atomic E-state index is -0.709. The summed E-state index contributed by atoms with van der Waals surface area (Å²) in [6.07, 6.45) is 3.69. The van der Waals surface area contributed by atoms with E-state index in [9.17, 15) is 9.90 Å². The van der Waals surface area contributed by atoms with Crippen molar-refractivity contribution in [3.63, 3.8) is 0 Å². The van der Waals surface area contributed by atoms with Crippen LogP contribution in [-0.2, 0) is 14.2 Å². The first-order chi connectivity index (χ1) is 11.3. The summed E-state index contributed by atoms with van der Waals surface area (Å²) < 4.78 is 16.6. The Balaban J connectivity index is 1.67. The summed E-state index contributed by atoms with van der Waals surface area (Å²) in [7, 11) is 0. The molecule has 6 nitrogen and oxygen atoms in total. The summed E-state index contributed by atoms with van der Waals surface area (Å²) >= 11 is 0. The molecule has 3 rings (SSSR count). The first-order valence-corrected chi connectivity index (χ1v) is 9.15. The number of aliphatic hydroxyl groups is 1. The third-order valence-electron chi connectivity index (χ3n) is 5.25. The van der Waals surface area contributed by atoms with Gasteiger partial charge in [0.2, 0.25) is 0 Å². The van der Waals surface area contributed by atoms with Crippen molar-refractivity contribution in [1.82, 2.24) is 4.90 Å². The number of ether oxygens (including phenoxy) is 3. The van der Waals surface area contributed by atoms with Gasteiger partial charge in [-0.2, -0.15) is 0 Å². The van der Waals surface area contributed by atoms with Crippen molar-refractivity contribution in [2.24, 2.45) is 5.92 Å². The zero-order chi connectivity index (χ0) is 17.4.